The van der Waals surface area contributed by atoms with Crippen LogP contribution in [0.5, 0.6) is 0 Å². The molecule has 0 aliphatic rings. The first-order valence-electron chi connectivity index (χ1n) is 7.19. The molecular formula is C16H22N4O. The first-order chi connectivity index (χ1) is 10.1. The third-order valence-corrected chi connectivity index (χ3v) is 3.25. The van der Waals surface area contributed by atoms with E-state index in [1.807, 2.05) is 44.2 Å². The van der Waals surface area contributed by atoms with Gasteiger partial charge in [-0.1, -0.05) is 25.1 Å². The summed E-state index contributed by atoms with van der Waals surface area (Å²) >= 11 is 0. The molecule has 1 heterocycles. The third kappa shape index (κ3) is 4.16. The summed E-state index contributed by atoms with van der Waals surface area (Å²) in [6, 6.07) is 9.80. The summed E-state index contributed by atoms with van der Waals surface area (Å²) in [6.07, 6.45) is 0. The monoisotopic (exact) mass is 286 g/mol. The molecule has 0 radical (unpaired) electrons. The second-order valence-corrected chi connectivity index (χ2v) is 5.07. The van der Waals surface area contributed by atoms with E-state index < -0.39 is 0 Å². The van der Waals surface area contributed by atoms with Crippen molar-refractivity contribution in [2.45, 2.75) is 33.9 Å². The number of amides is 1. The number of nitrogens with zero attached hydrogens (tertiary/aromatic N) is 2. The Hall–Kier alpha value is -2.14. The molecule has 1 amide bonds. The van der Waals surface area contributed by atoms with Crippen LogP contribution in [0, 0.1) is 13.8 Å². The lowest BCUT2D eigenvalue weighted by Gasteiger charge is -2.12. The van der Waals surface area contributed by atoms with Crippen LogP contribution >= 0.6 is 0 Å². The Morgan fingerprint density at radius 2 is 2.05 bits per heavy atom. The molecule has 0 spiro atoms. The molecule has 1 aromatic heterocycles. The number of carbonyl (C=O) groups is 1. The molecular weight excluding hydrogens is 264 g/mol. The van der Waals surface area contributed by atoms with Crippen LogP contribution in [-0.2, 0) is 17.9 Å². The Bertz CT molecular complexity index is 618. The molecule has 0 aliphatic heterocycles. The second kappa shape index (κ2) is 7.04. The van der Waals surface area contributed by atoms with Gasteiger partial charge in [0.05, 0.1) is 5.69 Å². The molecule has 1 aromatic carbocycles. The maximum atomic E-state index is 12.2. The smallest absolute Gasteiger partial charge is 0.246 e. The zero-order chi connectivity index (χ0) is 15.2. The molecule has 0 unspecified atom stereocenters. The molecule has 0 saturated carbocycles. The molecule has 5 heteroatoms. The quantitative estimate of drug-likeness (QED) is 0.856. The predicted octanol–water partition coefficient (Wildman–Crippen LogP) is 2.25. The van der Waals surface area contributed by atoms with Gasteiger partial charge in [0, 0.05) is 17.9 Å². The van der Waals surface area contributed by atoms with Gasteiger partial charge in [0.2, 0.25) is 5.91 Å². The lowest BCUT2D eigenvalue weighted by atomic mass is 10.1. The van der Waals surface area contributed by atoms with Crippen LogP contribution < -0.4 is 10.6 Å². The molecule has 112 valence electrons. The fraction of sp³-hybridized carbons (Fsp3) is 0.375. The van der Waals surface area contributed by atoms with Crippen LogP contribution in [0.2, 0.25) is 0 Å². The SMILES string of the molecule is CCNCc1ccccc1NC(=O)Cn1nc(C)cc1C. The van der Waals surface area contributed by atoms with Gasteiger partial charge in [0.15, 0.2) is 0 Å². The van der Waals surface area contributed by atoms with E-state index in [0.29, 0.717) is 0 Å². The molecule has 21 heavy (non-hydrogen) atoms. The van der Waals surface area contributed by atoms with Crippen LogP contribution in [0.25, 0.3) is 0 Å². The summed E-state index contributed by atoms with van der Waals surface area (Å²) in [5.41, 5.74) is 3.85. The van der Waals surface area contributed by atoms with Crippen LogP contribution in [-0.4, -0.2) is 22.2 Å². The van der Waals surface area contributed by atoms with Crippen molar-refractivity contribution >= 4 is 11.6 Å². The lowest BCUT2D eigenvalue weighted by Crippen LogP contribution is -2.22. The van der Waals surface area contributed by atoms with Gasteiger partial charge in [-0.3, -0.25) is 9.48 Å². The van der Waals surface area contributed by atoms with Gasteiger partial charge < -0.3 is 10.6 Å². The fourth-order valence-electron chi connectivity index (χ4n) is 2.22. The minimum Gasteiger partial charge on any atom is -0.324 e. The summed E-state index contributed by atoms with van der Waals surface area (Å²) in [5.74, 6) is -0.0647. The molecule has 0 aliphatic carbocycles. The average molecular weight is 286 g/mol. The standard InChI is InChI=1S/C16H22N4O/c1-4-17-10-14-7-5-6-8-15(14)18-16(21)11-20-13(3)9-12(2)19-20/h5-9,17H,4,10-11H2,1-3H3,(H,18,21). The van der Waals surface area contributed by atoms with E-state index in [-0.39, 0.29) is 12.5 Å². The molecule has 0 atom stereocenters. The Morgan fingerprint density at radius 1 is 1.29 bits per heavy atom. The largest absolute Gasteiger partial charge is 0.324 e. The molecule has 5 nitrogen and oxygen atoms in total. The zero-order valence-corrected chi connectivity index (χ0v) is 12.8. The summed E-state index contributed by atoms with van der Waals surface area (Å²) in [7, 11) is 0. The Balaban J connectivity index is 2.04. The van der Waals surface area contributed by atoms with Crippen molar-refractivity contribution in [3.8, 4) is 0 Å². The third-order valence-electron chi connectivity index (χ3n) is 3.25. The van der Waals surface area contributed by atoms with Crippen molar-refractivity contribution < 1.29 is 4.79 Å². The average Bonchev–Trinajstić information content (AvgIpc) is 2.75. The highest BCUT2D eigenvalue weighted by Crippen LogP contribution is 2.15. The maximum absolute atomic E-state index is 12.2. The van der Waals surface area contributed by atoms with Crippen molar-refractivity contribution in [1.82, 2.24) is 15.1 Å². The normalized spacial score (nSPS) is 10.6. The molecule has 2 N–H and O–H groups in total. The topological polar surface area (TPSA) is 58.9 Å². The second-order valence-electron chi connectivity index (χ2n) is 5.07. The van der Waals surface area contributed by atoms with E-state index in [1.165, 1.54) is 0 Å². The Kier molecular flexibility index (Phi) is 5.11. The zero-order valence-electron chi connectivity index (χ0n) is 12.8. The highest BCUT2D eigenvalue weighted by molar-refractivity contribution is 5.91. The minimum atomic E-state index is -0.0647. The fourth-order valence-corrected chi connectivity index (χ4v) is 2.22. The number of carbonyl (C=O) groups excluding carboxylic acids is 1. The summed E-state index contributed by atoms with van der Waals surface area (Å²) in [6.45, 7) is 7.81. The summed E-state index contributed by atoms with van der Waals surface area (Å²) < 4.78 is 1.72. The molecule has 0 saturated heterocycles. The number of aryl methyl sites for hydroxylation is 2. The van der Waals surface area contributed by atoms with Crippen LogP contribution in [0.1, 0.15) is 23.9 Å². The number of aromatic nitrogens is 2. The van der Waals surface area contributed by atoms with E-state index in [9.17, 15) is 4.79 Å². The molecule has 2 aromatic rings. The van der Waals surface area contributed by atoms with E-state index in [4.69, 9.17) is 0 Å². The Labute approximate surface area is 125 Å². The van der Waals surface area contributed by atoms with Crippen molar-refractivity contribution in [2.24, 2.45) is 0 Å². The van der Waals surface area contributed by atoms with Crippen LogP contribution in [0.15, 0.2) is 30.3 Å². The van der Waals surface area contributed by atoms with Gasteiger partial charge >= 0.3 is 0 Å². The number of hydrogen-bond acceptors (Lipinski definition) is 3. The number of benzene rings is 1. The van der Waals surface area contributed by atoms with Crippen molar-refractivity contribution in [2.75, 3.05) is 11.9 Å². The number of anilines is 1. The van der Waals surface area contributed by atoms with Crippen molar-refractivity contribution in [3.05, 3.63) is 47.3 Å². The van der Waals surface area contributed by atoms with Gasteiger partial charge in [0.25, 0.3) is 0 Å². The van der Waals surface area contributed by atoms with Crippen molar-refractivity contribution in [1.29, 1.82) is 0 Å². The van der Waals surface area contributed by atoms with Gasteiger partial charge in [-0.25, -0.2) is 0 Å². The maximum Gasteiger partial charge on any atom is 0.246 e. The van der Waals surface area contributed by atoms with Gasteiger partial charge in [0.1, 0.15) is 6.54 Å². The predicted molar refractivity (Wildman–Crippen MR) is 84.2 cm³/mol. The summed E-state index contributed by atoms with van der Waals surface area (Å²) in [4.78, 5) is 12.2. The van der Waals surface area contributed by atoms with E-state index >= 15 is 0 Å². The van der Waals surface area contributed by atoms with Crippen LogP contribution in [0.4, 0.5) is 5.69 Å². The minimum absolute atomic E-state index is 0.0647. The van der Waals surface area contributed by atoms with Crippen LogP contribution in [0.3, 0.4) is 0 Å². The number of rotatable bonds is 6. The van der Waals surface area contributed by atoms with E-state index in [0.717, 1.165) is 35.7 Å². The molecule has 0 fully saturated rings. The number of hydrogen-bond donors (Lipinski definition) is 2. The molecule has 0 bridgehead atoms. The van der Waals surface area contributed by atoms with Gasteiger partial charge in [-0.15, -0.1) is 0 Å². The highest BCUT2D eigenvalue weighted by atomic mass is 16.2. The Morgan fingerprint density at radius 3 is 2.71 bits per heavy atom. The van der Waals surface area contributed by atoms with Crippen molar-refractivity contribution in [3.63, 3.8) is 0 Å². The summed E-state index contributed by atoms with van der Waals surface area (Å²) in [5, 5.41) is 10.5. The number of para-hydroxylation sites is 1. The first-order valence-corrected chi connectivity index (χ1v) is 7.19. The van der Waals surface area contributed by atoms with Gasteiger partial charge in [-0.05, 0) is 38.1 Å². The number of nitrogens with one attached hydrogen (secondary N) is 2. The molecule has 2 rings (SSSR count). The lowest BCUT2D eigenvalue weighted by molar-refractivity contribution is -0.116. The van der Waals surface area contributed by atoms with E-state index in [1.54, 1.807) is 4.68 Å². The van der Waals surface area contributed by atoms with Gasteiger partial charge in [-0.2, -0.15) is 5.10 Å². The van der Waals surface area contributed by atoms with E-state index in [2.05, 4.69) is 22.7 Å². The highest BCUT2D eigenvalue weighted by Gasteiger charge is 2.09. The first kappa shape index (κ1) is 15.3.